The van der Waals surface area contributed by atoms with Crippen molar-refractivity contribution in [1.82, 2.24) is 19.9 Å². The van der Waals surface area contributed by atoms with E-state index in [9.17, 15) is 9.90 Å². The van der Waals surface area contributed by atoms with Gasteiger partial charge in [-0.1, -0.05) is 18.2 Å². The van der Waals surface area contributed by atoms with Crippen molar-refractivity contribution in [1.29, 1.82) is 0 Å². The number of aliphatic hydroxyl groups is 2. The Hall–Kier alpha value is -3.01. The summed E-state index contributed by atoms with van der Waals surface area (Å²) in [6.07, 6.45) is 0.137. The van der Waals surface area contributed by atoms with E-state index in [2.05, 4.69) is 15.3 Å². The van der Waals surface area contributed by atoms with Crippen LogP contribution in [0, 0.1) is 0 Å². The van der Waals surface area contributed by atoms with Crippen molar-refractivity contribution in [2.75, 3.05) is 13.2 Å². The van der Waals surface area contributed by atoms with Gasteiger partial charge in [0.25, 0.3) is 0 Å². The standard InChI is InChI=1S/C17H18N4O5/c22-8-13(9-23)18-7-12-6-15(20-10-19-12)26-16-5-11-3-1-2-4-14(11)21(16)17(24)25/h1-6,10,13,18,22-23H,7-9H2,(H,24,25). The number of ether oxygens (including phenoxy) is 1. The van der Waals surface area contributed by atoms with Crippen LogP contribution in [-0.2, 0) is 6.54 Å². The number of nitrogens with zero attached hydrogens (tertiary/aromatic N) is 3. The third kappa shape index (κ3) is 3.80. The first-order valence-corrected chi connectivity index (χ1v) is 7.90. The molecule has 0 unspecified atom stereocenters. The van der Waals surface area contributed by atoms with E-state index in [0.29, 0.717) is 11.2 Å². The van der Waals surface area contributed by atoms with Crippen molar-refractivity contribution in [3.05, 3.63) is 48.4 Å². The lowest BCUT2D eigenvalue weighted by molar-refractivity contribution is 0.170. The topological polar surface area (TPSA) is 130 Å². The Balaban J connectivity index is 1.83. The number of hydrogen-bond donors (Lipinski definition) is 4. The second-order valence-corrected chi connectivity index (χ2v) is 5.55. The van der Waals surface area contributed by atoms with E-state index in [1.807, 2.05) is 6.07 Å². The Morgan fingerprint density at radius 1 is 1.19 bits per heavy atom. The zero-order valence-corrected chi connectivity index (χ0v) is 13.7. The van der Waals surface area contributed by atoms with Gasteiger partial charge in [-0.25, -0.2) is 19.3 Å². The SMILES string of the molecule is O=C(O)n1c(Oc2cc(CNC(CO)CO)ncn2)cc2ccccc21. The molecule has 0 saturated heterocycles. The largest absolute Gasteiger partial charge is 0.464 e. The van der Waals surface area contributed by atoms with Crippen LogP contribution in [0.1, 0.15) is 5.69 Å². The maximum Gasteiger partial charge on any atom is 0.418 e. The number of para-hydroxylation sites is 1. The van der Waals surface area contributed by atoms with Gasteiger partial charge in [0.2, 0.25) is 11.8 Å². The number of carboxylic acid groups (broad SMARTS) is 1. The Morgan fingerprint density at radius 3 is 2.69 bits per heavy atom. The first-order valence-electron chi connectivity index (χ1n) is 7.90. The number of nitrogens with one attached hydrogen (secondary N) is 1. The van der Waals surface area contributed by atoms with Crippen molar-refractivity contribution < 1.29 is 24.9 Å². The lowest BCUT2D eigenvalue weighted by Crippen LogP contribution is -2.35. The van der Waals surface area contributed by atoms with E-state index in [1.54, 1.807) is 30.3 Å². The Labute approximate surface area is 148 Å². The van der Waals surface area contributed by atoms with Crippen LogP contribution < -0.4 is 10.1 Å². The Morgan fingerprint density at radius 2 is 1.96 bits per heavy atom. The molecule has 136 valence electrons. The van der Waals surface area contributed by atoms with Gasteiger partial charge < -0.3 is 25.4 Å². The third-order valence-corrected chi connectivity index (χ3v) is 3.79. The Kier molecular flexibility index (Phi) is 5.42. The number of aliphatic hydroxyl groups excluding tert-OH is 2. The van der Waals surface area contributed by atoms with Crippen LogP contribution in [0.4, 0.5) is 4.79 Å². The van der Waals surface area contributed by atoms with Gasteiger partial charge in [-0.05, 0) is 6.07 Å². The molecule has 9 nitrogen and oxygen atoms in total. The highest BCUT2D eigenvalue weighted by Gasteiger charge is 2.16. The molecule has 0 aliphatic rings. The molecule has 0 atom stereocenters. The van der Waals surface area contributed by atoms with Gasteiger partial charge in [0, 0.05) is 24.1 Å². The molecule has 0 saturated carbocycles. The summed E-state index contributed by atoms with van der Waals surface area (Å²) in [4.78, 5) is 19.7. The minimum Gasteiger partial charge on any atom is -0.464 e. The van der Waals surface area contributed by atoms with Crippen LogP contribution in [0.5, 0.6) is 11.8 Å². The summed E-state index contributed by atoms with van der Waals surface area (Å²) in [5.74, 6) is 0.312. The fraction of sp³-hybridized carbons (Fsp3) is 0.235. The highest BCUT2D eigenvalue weighted by molar-refractivity contribution is 5.91. The zero-order chi connectivity index (χ0) is 18.5. The van der Waals surface area contributed by atoms with Gasteiger partial charge in [-0.15, -0.1) is 0 Å². The maximum atomic E-state index is 11.6. The Bertz CT molecular complexity index is 907. The lowest BCUT2D eigenvalue weighted by Gasteiger charge is -2.13. The molecule has 0 fully saturated rings. The average molecular weight is 358 g/mol. The zero-order valence-electron chi connectivity index (χ0n) is 13.7. The highest BCUT2D eigenvalue weighted by atomic mass is 16.5. The number of rotatable bonds is 7. The monoisotopic (exact) mass is 358 g/mol. The number of benzene rings is 1. The number of aromatic nitrogens is 3. The molecular weight excluding hydrogens is 340 g/mol. The molecule has 3 aromatic rings. The second-order valence-electron chi connectivity index (χ2n) is 5.55. The van der Waals surface area contributed by atoms with Gasteiger partial charge >= 0.3 is 6.09 Å². The minimum absolute atomic E-state index is 0.125. The molecular formula is C17H18N4O5. The molecule has 26 heavy (non-hydrogen) atoms. The van der Waals surface area contributed by atoms with Gasteiger partial charge in [-0.3, -0.25) is 0 Å². The van der Waals surface area contributed by atoms with E-state index < -0.39 is 12.1 Å². The predicted octanol–water partition coefficient (Wildman–Crippen LogP) is 1.19. The van der Waals surface area contributed by atoms with E-state index in [-0.39, 0.29) is 31.5 Å². The van der Waals surface area contributed by atoms with Crippen LogP contribution in [0.2, 0.25) is 0 Å². The number of fused-ring (bicyclic) bond motifs is 1. The van der Waals surface area contributed by atoms with E-state index in [0.717, 1.165) is 9.95 Å². The molecule has 0 bridgehead atoms. The molecule has 9 heteroatoms. The van der Waals surface area contributed by atoms with E-state index >= 15 is 0 Å². The average Bonchev–Trinajstić information content (AvgIpc) is 3.01. The summed E-state index contributed by atoms with van der Waals surface area (Å²) < 4.78 is 6.70. The van der Waals surface area contributed by atoms with Crippen LogP contribution in [0.3, 0.4) is 0 Å². The van der Waals surface area contributed by atoms with Crippen LogP contribution in [0.25, 0.3) is 10.9 Å². The van der Waals surface area contributed by atoms with Crippen molar-refractivity contribution in [3.8, 4) is 11.8 Å². The van der Waals surface area contributed by atoms with E-state index in [1.165, 1.54) is 6.33 Å². The predicted molar refractivity (Wildman–Crippen MR) is 92.3 cm³/mol. The fourth-order valence-corrected chi connectivity index (χ4v) is 2.47. The van der Waals surface area contributed by atoms with Crippen LogP contribution >= 0.6 is 0 Å². The number of hydrogen-bond acceptors (Lipinski definition) is 7. The first kappa shape index (κ1) is 17.8. The summed E-state index contributed by atoms with van der Waals surface area (Å²) in [5, 5.41) is 31.3. The molecule has 0 aliphatic heterocycles. The summed E-state index contributed by atoms with van der Waals surface area (Å²) in [6, 6.07) is 9.77. The lowest BCUT2D eigenvalue weighted by atomic mass is 10.2. The summed E-state index contributed by atoms with van der Waals surface area (Å²) in [6.45, 7) is -0.125. The quantitative estimate of drug-likeness (QED) is 0.496. The third-order valence-electron chi connectivity index (χ3n) is 3.79. The molecule has 0 amide bonds. The first-order chi connectivity index (χ1) is 12.6. The van der Waals surface area contributed by atoms with Crippen molar-refractivity contribution >= 4 is 17.0 Å². The van der Waals surface area contributed by atoms with Crippen molar-refractivity contribution in [2.45, 2.75) is 12.6 Å². The molecule has 3 rings (SSSR count). The fourth-order valence-electron chi connectivity index (χ4n) is 2.47. The molecule has 4 N–H and O–H groups in total. The molecule has 2 aromatic heterocycles. The smallest absolute Gasteiger partial charge is 0.418 e. The summed E-state index contributed by atoms with van der Waals surface area (Å²) in [5.41, 5.74) is 1.08. The second kappa shape index (κ2) is 7.91. The van der Waals surface area contributed by atoms with Gasteiger partial charge in [-0.2, -0.15) is 0 Å². The molecule has 0 radical (unpaired) electrons. The summed E-state index contributed by atoms with van der Waals surface area (Å²) >= 11 is 0. The van der Waals surface area contributed by atoms with Gasteiger partial charge in [0.15, 0.2) is 0 Å². The van der Waals surface area contributed by atoms with E-state index in [4.69, 9.17) is 14.9 Å². The molecule has 2 heterocycles. The van der Waals surface area contributed by atoms with Gasteiger partial charge in [0.05, 0.1) is 30.5 Å². The molecule has 1 aromatic carbocycles. The van der Waals surface area contributed by atoms with Crippen molar-refractivity contribution in [2.24, 2.45) is 0 Å². The highest BCUT2D eigenvalue weighted by Crippen LogP contribution is 2.28. The summed E-state index contributed by atoms with van der Waals surface area (Å²) in [7, 11) is 0. The normalized spacial score (nSPS) is 11.2. The number of carbonyl (C=O) groups is 1. The maximum absolute atomic E-state index is 11.6. The van der Waals surface area contributed by atoms with Crippen molar-refractivity contribution in [3.63, 3.8) is 0 Å². The minimum atomic E-state index is -1.16. The van der Waals surface area contributed by atoms with Crippen LogP contribution in [-0.4, -0.2) is 55.2 Å². The molecule has 0 aliphatic carbocycles. The van der Waals surface area contributed by atoms with Crippen LogP contribution in [0.15, 0.2) is 42.7 Å². The molecule has 0 spiro atoms. The van der Waals surface area contributed by atoms with Gasteiger partial charge in [0.1, 0.15) is 6.33 Å².